The number of rotatable bonds is 0. The van der Waals surface area contributed by atoms with Crippen molar-refractivity contribution in [2.75, 3.05) is 10.6 Å². The Bertz CT molecular complexity index is 1590. The lowest BCUT2D eigenvalue weighted by atomic mass is 10.00. The van der Waals surface area contributed by atoms with E-state index in [2.05, 4.69) is 99.6 Å². The molecule has 6 rings (SSSR count). The number of aryl methyl sites for hydroxylation is 1. The fourth-order valence-corrected chi connectivity index (χ4v) is 4.57. The molecule has 0 atom stereocenters. The van der Waals surface area contributed by atoms with Gasteiger partial charge in [-0.25, -0.2) is 0 Å². The molecule has 5 heteroatoms. The van der Waals surface area contributed by atoms with Crippen LogP contribution < -0.4 is 10.6 Å². The van der Waals surface area contributed by atoms with Crippen molar-refractivity contribution in [2.45, 2.75) is 12.8 Å². The Kier molecular flexibility index (Phi) is 5.15. The van der Waals surface area contributed by atoms with Crippen molar-refractivity contribution in [3.63, 3.8) is 0 Å². The monoisotopic (exact) mass is 455 g/mol. The van der Waals surface area contributed by atoms with Crippen LogP contribution in [0.15, 0.2) is 104 Å². The lowest BCUT2D eigenvalue weighted by Crippen LogP contribution is -2.00. The number of benzene rings is 3. The van der Waals surface area contributed by atoms with Gasteiger partial charge in [0.25, 0.3) is 0 Å². The highest BCUT2D eigenvalue weighted by atomic mass is 15.1. The summed E-state index contributed by atoms with van der Waals surface area (Å²) in [6.45, 7) is 8.55. The standard InChI is InChI=1S/C30H25N5/c1-19-9-10-21-5-3-6-22(13-21)23-7-4-8-26(14-23)33-20(2)30-28-16-24(11-12-29(28)34-35-30)25-15-27(32-19)18-31-17-25/h3-8,11-18,32-33H,1-2,9-10H2,(H,34,35). The second kappa shape index (κ2) is 8.61. The van der Waals surface area contributed by atoms with E-state index in [1.807, 2.05) is 24.5 Å². The van der Waals surface area contributed by atoms with Crippen LogP contribution >= 0.6 is 0 Å². The first-order chi connectivity index (χ1) is 17.1. The molecule has 5 aromatic rings. The first-order valence-corrected chi connectivity index (χ1v) is 11.7. The van der Waals surface area contributed by atoms with Crippen molar-refractivity contribution in [3.8, 4) is 22.3 Å². The minimum atomic E-state index is 0.738. The lowest BCUT2D eigenvalue weighted by molar-refractivity contribution is 0.950. The number of aromatic amines is 1. The van der Waals surface area contributed by atoms with Gasteiger partial charge in [-0.2, -0.15) is 5.10 Å². The Morgan fingerprint density at radius 3 is 2.40 bits per heavy atom. The molecule has 0 aliphatic carbocycles. The van der Waals surface area contributed by atoms with Gasteiger partial charge in [0.05, 0.1) is 23.1 Å². The average molecular weight is 456 g/mol. The number of nitrogens with one attached hydrogen (secondary N) is 3. The third kappa shape index (κ3) is 4.20. The average Bonchev–Trinajstić information content (AvgIpc) is 3.31. The lowest BCUT2D eigenvalue weighted by Gasteiger charge is -2.12. The largest absolute Gasteiger partial charge is 0.358 e. The molecule has 2 aromatic heterocycles. The number of allylic oxidation sites excluding steroid dienone is 1. The van der Waals surface area contributed by atoms with Crippen LogP contribution in [-0.2, 0) is 6.42 Å². The Hall–Kier alpha value is -4.64. The van der Waals surface area contributed by atoms with Gasteiger partial charge in [0.1, 0.15) is 5.69 Å². The zero-order chi connectivity index (χ0) is 23.8. The predicted molar refractivity (Wildman–Crippen MR) is 145 cm³/mol. The van der Waals surface area contributed by atoms with E-state index in [-0.39, 0.29) is 0 Å². The molecular formula is C30H25N5. The summed E-state index contributed by atoms with van der Waals surface area (Å²) in [4.78, 5) is 4.46. The van der Waals surface area contributed by atoms with Gasteiger partial charge in [-0.1, -0.05) is 55.6 Å². The van der Waals surface area contributed by atoms with Crippen LogP contribution in [0.4, 0.5) is 11.4 Å². The van der Waals surface area contributed by atoms with Crippen LogP contribution in [0.25, 0.3) is 38.9 Å². The normalized spacial score (nSPS) is 13.5. The van der Waals surface area contributed by atoms with Crippen LogP contribution in [0.5, 0.6) is 0 Å². The van der Waals surface area contributed by atoms with Crippen LogP contribution in [-0.4, -0.2) is 15.2 Å². The molecule has 3 N–H and O–H groups in total. The van der Waals surface area contributed by atoms with Gasteiger partial charge in [0.15, 0.2) is 0 Å². The van der Waals surface area contributed by atoms with E-state index in [1.54, 1.807) is 0 Å². The summed E-state index contributed by atoms with van der Waals surface area (Å²) in [5.74, 6) is 0. The summed E-state index contributed by atoms with van der Waals surface area (Å²) in [7, 11) is 0. The van der Waals surface area contributed by atoms with Crippen LogP contribution in [0.1, 0.15) is 17.7 Å². The molecule has 3 heterocycles. The molecular weight excluding hydrogens is 430 g/mol. The van der Waals surface area contributed by atoms with E-state index in [0.29, 0.717) is 0 Å². The van der Waals surface area contributed by atoms with Crippen molar-refractivity contribution in [1.82, 2.24) is 15.2 Å². The Balaban J connectivity index is 1.47. The zero-order valence-electron chi connectivity index (χ0n) is 19.3. The second-order valence-electron chi connectivity index (χ2n) is 8.91. The minimum Gasteiger partial charge on any atom is -0.358 e. The molecule has 170 valence electrons. The van der Waals surface area contributed by atoms with Crippen molar-refractivity contribution in [1.29, 1.82) is 0 Å². The van der Waals surface area contributed by atoms with Gasteiger partial charge in [-0.3, -0.25) is 10.1 Å². The van der Waals surface area contributed by atoms with Gasteiger partial charge in [-0.15, -0.1) is 0 Å². The highest BCUT2D eigenvalue weighted by Gasteiger charge is 2.12. The maximum atomic E-state index is 4.56. The van der Waals surface area contributed by atoms with E-state index >= 15 is 0 Å². The fourth-order valence-electron chi connectivity index (χ4n) is 4.57. The maximum Gasteiger partial charge on any atom is 0.116 e. The van der Waals surface area contributed by atoms with Gasteiger partial charge < -0.3 is 10.6 Å². The van der Waals surface area contributed by atoms with Crippen LogP contribution in [0, 0.1) is 0 Å². The molecule has 0 radical (unpaired) electrons. The molecule has 5 nitrogen and oxygen atoms in total. The quantitative estimate of drug-likeness (QED) is 0.230. The minimum absolute atomic E-state index is 0.738. The van der Waals surface area contributed by atoms with Gasteiger partial charge in [0, 0.05) is 28.5 Å². The first kappa shape index (κ1) is 20.9. The third-order valence-corrected chi connectivity index (χ3v) is 6.37. The number of aromatic nitrogens is 3. The van der Waals surface area contributed by atoms with Gasteiger partial charge in [0.2, 0.25) is 0 Å². The van der Waals surface area contributed by atoms with E-state index in [1.165, 1.54) is 11.1 Å². The third-order valence-electron chi connectivity index (χ3n) is 6.37. The van der Waals surface area contributed by atoms with Crippen LogP contribution in [0.2, 0.25) is 0 Å². The molecule has 0 spiro atoms. The molecule has 0 saturated carbocycles. The molecule has 0 amide bonds. The number of H-pyrrole nitrogens is 1. The molecule has 0 saturated heterocycles. The summed E-state index contributed by atoms with van der Waals surface area (Å²) in [6.07, 6.45) is 5.44. The highest BCUT2D eigenvalue weighted by molar-refractivity contribution is 5.95. The van der Waals surface area contributed by atoms with Crippen molar-refractivity contribution >= 4 is 28.0 Å². The van der Waals surface area contributed by atoms with E-state index in [0.717, 1.165) is 68.9 Å². The molecule has 3 aromatic carbocycles. The SMILES string of the molecule is C=C1CCc2cccc(c2)-c2cccc(c2)NC(=C)c2n[nH]c3ccc(cc23)-c2cncc(c2)N1. The van der Waals surface area contributed by atoms with Gasteiger partial charge in [-0.05, 0) is 65.4 Å². The summed E-state index contributed by atoms with van der Waals surface area (Å²) >= 11 is 0. The summed E-state index contributed by atoms with van der Waals surface area (Å²) in [5, 5.41) is 15.6. The smallest absolute Gasteiger partial charge is 0.116 e. The second-order valence-corrected chi connectivity index (χ2v) is 8.91. The number of pyridine rings is 1. The molecule has 0 unspecified atom stereocenters. The highest BCUT2D eigenvalue weighted by Crippen LogP contribution is 2.31. The fraction of sp³-hybridized carbons (Fsp3) is 0.0667. The molecule has 8 bridgehead atoms. The first-order valence-electron chi connectivity index (χ1n) is 11.7. The number of anilines is 2. The topological polar surface area (TPSA) is 65.6 Å². The maximum absolute atomic E-state index is 4.56. The number of hydrogen-bond donors (Lipinski definition) is 3. The van der Waals surface area contributed by atoms with E-state index in [4.69, 9.17) is 0 Å². The summed E-state index contributed by atoms with van der Waals surface area (Å²) in [6, 6.07) is 25.4. The number of fused-ring (bicyclic) bond motifs is 9. The Morgan fingerprint density at radius 2 is 1.49 bits per heavy atom. The van der Waals surface area contributed by atoms with E-state index in [9.17, 15) is 0 Å². The number of nitrogens with zero attached hydrogens (tertiary/aromatic N) is 2. The van der Waals surface area contributed by atoms with Crippen LogP contribution in [0.3, 0.4) is 0 Å². The summed E-state index contributed by atoms with van der Waals surface area (Å²) in [5.41, 5.74) is 11.0. The Labute approximate surface area is 204 Å². The van der Waals surface area contributed by atoms with Crippen molar-refractivity contribution in [3.05, 3.63) is 115 Å². The van der Waals surface area contributed by atoms with Crippen molar-refractivity contribution in [2.24, 2.45) is 0 Å². The molecule has 35 heavy (non-hydrogen) atoms. The number of hydrogen-bond acceptors (Lipinski definition) is 4. The summed E-state index contributed by atoms with van der Waals surface area (Å²) < 4.78 is 0. The van der Waals surface area contributed by atoms with Gasteiger partial charge >= 0.3 is 0 Å². The van der Waals surface area contributed by atoms with E-state index < -0.39 is 0 Å². The zero-order valence-corrected chi connectivity index (χ0v) is 19.3. The molecule has 0 fully saturated rings. The molecule has 1 aliphatic rings. The predicted octanol–water partition coefficient (Wildman–Crippen LogP) is 7.25. The van der Waals surface area contributed by atoms with Crippen molar-refractivity contribution < 1.29 is 0 Å². The molecule has 1 aliphatic heterocycles. The Morgan fingerprint density at radius 1 is 0.686 bits per heavy atom.